The van der Waals surface area contributed by atoms with Crippen molar-refractivity contribution in [3.05, 3.63) is 10.0 Å². The first-order valence-electron chi connectivity index (χ1n) is 3.66. The smallest absolute Gasteiger partial charge is 0.209 e. The summed E-state index contributed by atoms with van der Waals surface area (Å²) in [6.07, 6.45) is 1.12. The average molecular weight is 221 g/mol. The normalized spacial score (nSPS) is 14.4. The zero-order valence-electron chi connectivity index (χ0n) is 7.60. The number of nitrogens with one attached hydrogen (secondary N) is 1. The summed E-state index contributed by atoms with van der Waals surface area (Å²) < 4.78 is 24.2. The second-order valence-electron chi connectivity index (χ2n) is 2.77. The van der Waals surface area contributed by atoms with E-state index in [0.717, 1.165) is 11.3 Å². The number of aryl methyl sites for hydroxylation is 1. The monoisotopic (exact) mass is 221 g/mol. The third-order valence-corrected chi connectivity index (χ3v) is 3.11. The van der Waals surface area contributed by atoms with E-state index >= 15 is 0 Å². The molecule has 5 nitrogen and oxygen atoms in total. The molecule has 74 valence electrons. The van der Waals surface area contributed by atoms with Crippen LogP contribution in [0.25, 0.3) is 0 Å². The van der Waals surface area contributed by atoms with Gasteiger partial charge in [0.05, 0.1) is 12.3 Å². The molecule has 0 spiro atoms. The van der Waals surface area contributed by atoms with Crippen LogP contribution in [0.5, 0.6) is 0 Å². The first kappa shape index (κ1) is 10.6. The van der Waals surface area contributed by atoms with Crippen LogP contribution in [-0.2, 0) is 10.0 Å². The highest BCUT2D eigenvalue weighted by Gasteiger charge is 2.14. The maximum absolute atomic E-state index is 10.9. The Balaban J connectivity index is 2.75. The van der Waals surface area contributed by atoms with Gasteiger partial charge in [0.1, 0.15) is 10.0 Å². The Hall–Kier alpha value is -0.530. The highest BCUT2D eigenvalue weighted by atomic mass is 32.2. The van der Waals surface area contributed by atoms with Crippen molar-refractivity contribution in [1.29, 1.82) is 0 Å². The van der Waals surface area contributed by atoms with Crippen molar-refractivity contribution in [3.8, 4) is 0 Å². The second kappa shape index (κ2) is 3.69. The Kier molecular flexibility index (Phi) is 2.99. The van der Waals surface area contributed by atoms with Gasteiger partial charge in [0, 0.05) is 0 Å². The maximum atomic E-state index is 10.9. The number of hydrogen-bond acceptors (Lipinski definition) is 5. The Morgan fingerprint density at radius 1 is 1.46 bits per heavy atom. The highest BCUT2D eigenvalue weighted by molar-refractivity contribution is 7.88. The molecular weight excluding hydrogens is 210 g/mol. The molecule has 1 aromatic heterocycles. The Labute approximate surface area is 81.2 Å². The van der Waals surface area contributed by atoms with Gasteiger partial charge < -0.3 is 0 Å². The fraction of sp³-hybridized carbons (Fsp3) is 0.667. The van der Waals surface area contributed by atoms with Crippen LogP contribution in [0.15, 0.2) is 0 Å². The van der Waals surface area contributed by atoms with Gasteiger partial charge in [0.15, 0.2) is 0 Å². The quantitative estimate of drug-likeness (QED) is 0.804. The molecule has 0 aliphatic heterocycles. The van der Waals surface area contributed by atoms with Crippen molar-refractivity contribution in [2.75, 3.05) is 6.26 Å². The third kappa shape index (κ3) is 3.37. The van der Waals surface area contributed by atoms with Crippen LogP contribution in [0.4, 0.5) is 0 Å². The summed E-state index contributed by atoms with van der Waals surface area (Å²) in [7, 11) is -3.17. The van der Waals surface area contributed by atoms with Crippen LogP contribution in [-0.4, -0.2) is 24.9 Å². The first-order chi connectivity index (χ1) is 5.88. The molecule has 0 radical (unpaired) electrons. The summed E-state index contributed by atoms with van der Waals surface area (Å²) in [4.78, 5) is 0. The van der Waals surface area contributed by atoms with Crippen LogP contribution in [0.2, 0.25) is 0 Å². The van der Waals surface area contributed by atoms with Gasteiger partial charge >= 0.3 is 0 Å². The molecule has 1 N–H and O–H groups in total. The Morgan fingerprint density at radius 2 is 2.08 bits per heavy atom. The standard InChI is InChI=1S/C6H11N3O2S2/c1-4(9-13(3,10)11)6-8-7-5(2)12-6/h4,9H,1-3H3. The van der Waals surface area contributed by atoms with E-state index in [4.69, 9.17) is 0 Å². The Bertz CT molecular complexity index is 384. The molecule has 1 aromatic rings. The van der Waals surface area contributed by atoms with E-state index in [1.807, 2.05) is 6.92 Å². The van der Waals surface area contributed by atoms with Crippen molar-refractivity contribution < 1.29 is 8.42 Å². The molecule has 0 aliphatic carbocycles. The molecule has 1 heterocycles. The number of nitrogens with zero attached hydrogens (tertiary/aromatic N) is 2. The van der Waals surface area contributed by atoms with Crippen LogP contribution < -0.4 is 4.72 Å². The number of aromatic nitrogens is 2. The van der Waals surface area contributed by atoms with Crippen LogP contribution >= 0.6 is 11.3 Å². The van der Waals surface area contributed by atoms with Gasteiger partial charge in [-0.2, -0.15) is 0 Å². The third-order valence-electron chi connectivity index (χ3n) is 1.30. The lowest BCUT2D eigenvalue weighted by Gasteiger charge is -2.06. The summed E-state index contributed by atoms with van der Waals surface area (Å²) >= 11 is 1.39. The van der Waals surface area contributed by atoms with E-state index in [1.54, 1.807) is 6.92 Å². The molecule has 0 saturated carbocycles. The minimum atomic E-state index is -3.17. The zero-order valence-corrected chi connectivity index (χ0v) is 9.24. The van der Waals surface area contributed by atoms with Gasteiger partial charge in [-0.3, -0.25) is 0 Å². The molecule has 13 heavy (non-hydrogen) atoms. The van der Waals surface area contributed by atoms with Gasteiger partial charge in [-0.1, -0.05) is 0 Å². The highest BCUT2D eigenvalue weighted by Crippen LogP contribution is 2.16. The van der Waals surface area contributed by atoms with Crippen LogP contribution in [0.3, 0.4) is 0 Å². The summed E-state index contributed by atoms with van der Waals surface area (Å²) in [5.74, 6) is 0. The molecule has 0 fully saturated rings. The van der Waals surface area contributed by atoms with Crippen LogP contribution in [0.1, 0.15) is 23.0 Å². The van der Waals surface area contributed by atoms with Gasteiger partial charge in [-0.25, -0.2) is 13.1 Å². The van der Waals surface area contributed by atoms with E-state index in [2.05, 4.69) is 14.9 Å². The number of hydrogen-bond donors (Lipinski definition) is 1. The molecule has 7 heteroatoms. The molecule has 0 saturated heterocycles. The lowest BCUT2D eigenvalue weighted by molar-refractivity contribution is 0.571. The minimum Gasteiger partial charge on any atom is -0.213 e. The molecule has 1 rings (SSSR count). The predicted molar refractivity (Wildman–Crippen MR) is 51.0 cm³/mol. The lowest BCUT2D eigenvalue weighted by atomic mass is 10.4. The Morgan fingerprint density at radius 3 is 2.46 bits per heavy atom. The van der Waals surface area contributed by atoms with Gasteiger partial charge in [-0.05, 0) is 13.8 Å². The van der Waals surface area contributed by atoms with Crippen LogP contribution in [0, 0.1) is 6.92 Å². The molecule has 0 amide bonds. The van der Waals surface area contributed by atoms with Crippen molar-refractivity contribution in [2.45, 2.75) is 19.9 Å². The van der Waals surface area contributed by atoms with E-state index in [1.165, 1.54) is 11.3 Å². The van der Waals surface area contributed by atoms with E-state index in [0.29, 0.717) is 5.01 Å². The molecule has 0 aromatic carbocycles. The molecule has 1 unspecified atom stereocenters. The van der Waals surface area contributed by atoms with E-state index in [9.17, 15) is 8.42 Å². The van der Waals surface area contributed by atoms with Gasteiger partial charge in [0.2, 0.25) is 10.0 Å². The van der Waals surface area contributed by atoms with Gasteiger partial charge in [0.25, 0.3) is 0 Å². The van der Waals surface area contributed by atoms with Crippen molar-refractivity contribution >= 4 is 21.4 Å². The number of sulfonamides is 1. The SMILES string of the molecule is Cc1nnc(C(C)NS(C)(=O)=O)s1. The van der Waals surface area contributed by atoms with Crippen molar-refractivity contribution in [3.63, 3.8) is 0 Å². The van der Waals surface area contributed by atoms with Crippen molar-refractivity contribution in [2.24, 2.45) is 0 Å². The number of rotatable bonds is 3. The summed E-state index contributed by atoms with van der Waals surface area (Å²) in [5.41, 5.74) is 0. The maximum Gasteiger partial charge on any atom is 0.209 e. The molecule has 0 bridgehead atoms. The van der Waals surface area contributed by atoms with E-state index in [-0.39, 0.29) is 6.04 Å². The summed E-state index contributed by atoms with van der Waals surface area (Å²) in [6.45, 7) is 3.56. The largest absolute Gasteiger partial charge is 0.213 e. The average Bonchev–Trinajstić information content (AvgIpc) is 2.31. The zero-order chi connectivity index (χ0) is 10.1. The predicted octanol–water partition coefficient (Wildman–Crippen LogP) is 0.457. The first-order valence-corrected chi connectivity index (χ1v) is 6.36. The van der Waals surface area contributed by atoms with Gasteiger partial charge in [-0.15, -0.1) is 21.5 Å². The fourth-order valence-electron chi connectivity index (χ4n) is 0.858. The minimum absolute atomic E-state index is 0.304. The van der Waals surface area contributed by atoms with Crippen molar-refractivity contribution in [1.82, 2.24) is 14.9 Å². The summed E-state index contributed by atoms with van der Waals surface area (Å²) in [5, 5.41) is 9.16. The molecular formula is C6H11N3O2S2. The molecule has 0 aliphatic rings. The second-order valence-corrected chi connectivity index (χ2v) is 5.76. The molecule has 1 atom stereocenters. The summed E-state index contributed by atoms with van der Waals surface area (Å²) in [6, 6.07) is -0.304. The fourth-order valence-corrected chi connectivity index (χ4v) is 2.39. The topological polar surface area (TPSA) is 72.0 Å². The lowest BCUT2D eigenvalue weighted by Crippen LogP contribution is -2.25. The van der Waals surface area contributed by atoms with E-state index < -0.39 is 10.0 Å².